The Morgan fingerprint density at radius 2 is 2.27 bits per heavy atom. The maximum atomic E-state index is 11.4. The Balaban J connectivity index is 2.40. The molecule has 1 aliphatic heterocycles. The van der Waals surface area contributed by atoms with E-state index >= 15 is 0 Å². The molecule has 0 aliphatic carbocycles. The molecule has 0 unspecified atom stereocenters. The first-order chi connectivity index (χ1) is 6.88. The second-order valence-corrected chi connectivity index (χ2v) is 4.55. The van der Waals surface area contributed by atoms with Crippen LogP contribution in [0.15, 0.2) is 0 Å². The van der Waals surface area contributed by atoms with Gasteiger partial charge in [0.1, 0.15) is 5.60 Å². The number of hydrogen-bond donors (Lipinski definition) is 2. The number of rotatable bonds is 1. The maximum Gasteiger partial charge on any atom is 0.408 e. The number of nitrogens with one attached hydrogen (secondary N) is 2. The van der Waals surface area contributed by atoms with Gasteiger partial charge in [-0.3, -0.25) is 0 Å². The molecule has 15 heavy (non-hydrogen) atoms. The van der Waals surface area contributed by atoms with Crippen molar-refractivity contribution in [3.63, 3.8) is 0 Å². The lowest BCUT2D eigenvalue weighted by atomic mass is 10.1. The predicted molar refractivity (Wildman–Crippen MR) is 56.3 cm³/mol. The smallest absolute Gasteiger partial charge is 0.408 e. The fraction of sp³-hybridized carbons (Fsp3) is 0.800. The van der Waals surface area contributed by atoms with E-state index in [0.717, 1.165) is 0 Å². The molecule has 0 saturated carbocycles. The van der Waals surface area contributed by atoms with Crippen molar-refractivity contribution in [3.05, 3.63) is 0 Å². The zero-order chi connectivity index (χ0) is 11.5. The van der Waals surface area contributed by atoms with Crippen molar-refractivity contribution >= 4 is 11.8 Å². The first-order valence-electron chi connectivity index (χ1n) is 5.03. The molecule has 5 nitrogen and oxygen atoms in total. The summed E-state index contributed by atoms with van der Waals surface area (Å²) in [5, 5.41) is 10.2. The van der Waals surface area contributed by atoms with Gasteiger partial charge in [0.25, 0.3) is 0 Å². The lowest BCUT2D eigenvalue weighted by Gasteiger charge is -2.26. The molecule has 86 valence electrons. The highest BCUT2D eigenvalue weighted by Crippen LogP contribution is 2.08. The van der Waals surface area contributed by atoms with E-state index in [2.05, 4.69) is 5.32 Å². The van der Waals surface area contributed by atoms with Crippen molar-refractivity contribution in [2.45, 2.75) is 38.8 Å². The lowest BCUT2D eigenvalue weighted by Crippen LogP contribution is -2.48. The Kier molecular flexibility index (Phi) is 3.68. The third-order valence-corrected chi connectivity index (χ3v) is 1.91. The van der Waals surface area contributed by atoms with Gasteiger partial charge in [-0.05, 0) is 20.8 Å². The van der Waals surface area contributed by atoms with Gasteiger partial charge in [-0.25, -0.2) is 4.79 Å². The minimum Gasteiger partial charge on any atom is -0.444 e. The molecule has 1 saturated heterocycles. The second kappa shape index (κ2) is 4.61. The largest absolute Gasteiger partial charge is 0.444 e. The van der Waals surface area contributed by atoms with Crippen LogP contribution in [-0.4, -0.2) is 36.7 Å². The zero-order valence-electron chi connectivity index (χ0n) is 9.42. The summed E-state index contributed by atoms with van der Waals surface area (Å²) in [5.74, 6) is 0. The van der Waals surface area contributed by atoms with Gasteiger partial charge >= 0.3 is 6.09 Å². The molecule has 1 atom stereocenters. The summed E-state index contributed by atoms with van der Waals surface area (Å²) >= 11 is 0. The molecule has 1 rings (SSSR count). The molecule has 0 spiro atoms. The normalized spacial score (nSPS) is 22.3. The fourth-order valence-electron chi connectivity index (χ4n) is 1.24. The number of ether oxygens (including phenoxy) is 2. The zero-order valence-corrected chi connectivity index (χ0v) is 9.42. The topological polar surface area (TPSA) is 71.4 Å². The summed E-state index contributed by atoms with van der Waals surface area (Å²) in [4.78, 5) is 11.4. The van der Waals surface area contributed by atoms with E-state index in [9.17, 15) is 4.79 Å². The minimum absolute atomic E-state index is 0.339. The van der Waals surface area contributed by atoms with Crippen LogP contribution in [0.1, 0.15) is 27.2 Å². The molecule has 1 heterocycles. The highest BCUT2D eigenvalue weighted by molar-refractivity contribution is 5.90. The standard InChI is InChI=1S/C10H18N2O3/c1-10(2,3)15-9(13)12-8-6-14-5-4-7(8)11/h8,11H,4-6H2,1-3H3,(H,12,13)/t8-/m0/s1. The first-order valence-corrected chi connectivity index (χ1v) is 5.03. The van der Waals surface area contributed by atoms with Crippen LogP contribution in [0.3, 0.4) is 0 Å². The number of carbonyl (C=O) groups is 1. The number of alkyl carbamates (subject to hydrolysis) is 1. The highest BCUT2D eigenvalue weighted by atomic mass is 16.6. The van der Waals surface area contributed by atoms with Gasteiger partial charge in [-0.15, -0.1) is 0 Å². The van der Waals surface area contributed by atoms with Gasteiger partial charge in [0.05, 0.1) is 19.3 Å². The lowest BCUT2D eigenvalue weighted by molar-refractivity contribution is 0.0460. The summed E-state index contributed by atoms with van der Waals surface area (Å²) in [7, 11) is 0. The molecule has 0 aromatic rings. The Labute approximate surface area is 89.6 Å². The molecule has 1 fully saturated rings. The molecular weight excluding hydrogens is 196 g/mol. The Bertz CT molecular complexity index is 258. The summed E-state index contributed by atoms with van der Waals surface area (Å²) < 4.78 is 10.3. The molecule has 1 aliphatic rings. The van der Waals surface area contributed by atoms with Crippen molar-refractivity contribution in [1.82, 2.24) is 5.32 Å². The van der Waals surface area contributed by atoms with E-state index in [1.165, 1.54) is 0 Å². The van der Waals surface area contributed by atoms with E-state index in [-0.39, 0.29) is 6.04 Å². The number of carbonyl (C=O) groups excluding carboxylic acids is 1. The molecule has 0 aromatic heterocycles. The van der Waals surface area contributed by atoms with Crippen LogP contribution in [0.2, 0.25) is 0 Å². The molecule has 1 amide bonds. The van der Waals surface area contributed by atoms with Gasteiger partial charge < -0.3 is 20.2 Å². The van der Waals surface area contributed by atoms with Crippen LogP contribution >= 0.6 is 0 Å². The summed E-state index contributed by atoms with van der Waals surface area (Å²) in [6, 6.07) is -0.339. The summed E-state index contributed by atoms with van der Waals surface area (Å²) in [6.45, 7) is 6.32. The predicted octanol–water partition coefficient (Wildman–Crippen LogP) is 1.32. The Morgan fingerprint density at radius 3 is 2.80 bits per heavy atom. The molecule has 0 radical (unpaired) electrons. The fourth-order valence-corrected chi connectivity index (χ4v) is 1.24. The molecular formula is C10H18N2O3. The van der Waals surface area contributed by atoms with Gasteiger partial charge in [-0.1, -0.05) is 0 Å². The van der Waals surface area contributed by atoms with Crippen molar-refractivity contribution in [2.24, 2.45) is 0 Å². The van der Waals surface area contributed by atoms with E-state index in [1.807, 2.05) is 0 Å². The van der Waals surface area contributed by atoms with E-state index in [4.69, 9.17) is 14.9 Å². The number of hydrogen-bond acceptors (Lipinski definition) is 4. The van der Waals surface area contributed by atoms with Gasteiger partial charge in [-0.2, -0.15) is 0 Å². The van der Waals surface area contributed by atoms with Gasteiger partial charge in [0.15, 0.2) is 0 Å². The first kappa shape index (κ1) is 12.0. The van der Waals surface area contributed by atoms with Crippen LogP contribution in [-0.2, 0) is 9.47 Å². The third-order valence-electron chi connectivity index (χ3n) is 1.91. The van der Waals surface area contributed by atoms with Crippen LogP contribution in [0.4, 0.5) is 4.79 Å². The molecule has 2 N–H and O–H groups in total. The van der Waals surface area contributed by atoms with E-state index < -0.39 is 11.7 Å². The third kappa shape index (κ3) is 4.29. The van der Waals surface area contributed by atoms with Crippen LogP contribution in [0.25, 0.3) is 0 Å². The SMILES string of the molecule is CC(C)(C)OC(=O)N[C@H]1COCCC1=N. The van der Waals surface area contributed by atoms with Crippen LogP contribution in [0.5, 0.6) is 0 Å². The van der Waals surface area contributed by atoms with E-state index in [0.29, 0.717) is 25.3 Å². The van der Waals surface area contributed by atoms with Crippen molar-refractivity contribution in [3.8, 4) is 0 Å². The van der Waals surface area contributed by atoms with E-state index in [1.54, 1.807) is 20.8 Å². The average molecular weight is 214 g/mol. The van der Waals surface area contributed by atoms with Crippen molar-refractivity contribution in [2.75, 3.05) is 13.2 Å². The van der Waals surface area contributed by atoms with Crippen LogP contribution < -0.4 is 5.32 Å². The monoisotopic (exact) mass is 214 g/mol. The maximum absolute atomic E-state index is 11.4. The average Bonchev–Trinajstić information content (AvgIpc) is 2.05. The number of amides is 1. The Morgan fingerprint density at radius 1 is 1.60 bits per heavy atom. The summed E-state index contributed by atoms with van der Waals surface area (Å²) in [6.07, 6.45) is 0.0725. The Hall–Kier alpha value is -1.10. The van der Waals surface area contributed by atoms with Gasteiger partial charge in [0, 0.05) is 12.1 Å². The molecule has 0 aromatic carbocycles. The minimum atomic E-state index is -0.512. The van der Waals surface area contributed by atoms with Crippen molar-refractivity contribution < 1.29 is 14.3 Å². The van der Waals surface area contributed by atoms with Gasteiger partial charge in [0.2, 0.25) is 0 Å². The second-order valence-electron chi connectivity index (χ2n) is 4.55. The molecule has 5 heteroatoms. The quantitative estimate of drug-likeness (QED) is 0.691. The van der Waals surface area contributed by atoms with Crippen molar-refractivity contribution in [1.29, 1.82) is 5.41 Å². The highest BCUT2D eigenvalue weighted by Gasteiger charge is 2.24. The summed E-state index contributed by atoms with van der Waals surface area (Å²) in [5.41, 5.74) is -0.0194. The van der Waals surface area contributed by atoms with Crippen LogP contribution in [0, 0.1) is 5.41 Å². The molecule has 0 bridgehead atoms.